The third-order valence-electron chi connectivity index (χ3n) is 6.28. The molecular formula is C26H20N4O4. The average Bonchev–Trinajstić information content (AvgIpc) is 3.31. The van der Waals surface area contributed by atoms with Crippen LogP contribution in [0.25, 0.3) is 33.1 Å². The molecule has 0 radical (unpaired) electrons. The molecule has 0 saturated carbocycles. The third-order valence-corrected chi connectivity index (χ3v) is 6.28. The molecule has 2 aromatic heterocycles. The first-order valence-corrected chi connectivity index (χ1v) is 10.9. The molecule has 1 aliphatic heterocycles. The van der Waals surface area contributed by atoms with Crippen molar-refractivity contribution in [3.05, 3.63) is 66.2 Å². The smallest absolute Gasteiger partial charge is 0.299 e. The molecule has 0 unspecified atom stereocenters. The first-order valence-electron chi connectivity index (χ1n) is 10.9. The molecule has 1 aliphatic rings. The van der Waals surface area contributed by atoms with E-state index >= 15 is 0 Å². The van der Waals surface area contributed by atoms with Gasteiger partial charge in [0.2, 0.25) is 0 Å². The number of hydrogen-bond donors (Lipinski definition) is 0. The number of carbonyl (C=O) groups excluding carboxylic acids is 2. The van der Waals surface area contributed by atoms with Crippen molar-refractivity contribution in [1.29, 1.82) is 0 Å². The monoisotopic (exact) mass is 452 g/mol. The van der Waals surface area contributed by atoms with E-state index < -0.39 is 11.7 Å². The van der Waals surface area contributed by atoms with E-state index in [1.807, 2.05) is 47.0 Å². The van der Waals surface area contributed by atoms with E-state index in [0.717, 1.165) is 27.5 Å². The molecule has 8 nitrogen and oxygen atoms in total. The molecular weight excluding hydrogens is 432 g/mol. The number of hydrogen-bond acceptors (Lipinski definition) is 6. The van der Waals surface area contributed by atoms with Crippen LogP contribution in [-0.4, -0.2) is 47.0 Å². The molecule has 0 aliphatic carbocycles. The van der Waals surface area contributed by atoms with Crippen molar-refractivity contribution in [3.63, 3.8) is 0 Å². The highest BCUT2D eigenvalue weighted by Crippen LogP contribution is 2.35. The number of amides is 1. The number of carbonyl (C=O) groups is 2. The summed E-state index contributed by atoms with van der Waals surface area (Å²) in [4.78, 5) is 36.7. The Morgan fingerprint density at radius 3 is 2.41 bits per heavy atom. The molecule has 0 spiro atoms. The van der Waals surface area contributed by atoms with Gasteiger partial charge < -0.3 is 18.9 Å². The van der Waals surface area contributed by atoms with Crippen LogP contribution < -0.4 is 14.4 Å². The van der Waals surface area contributed by atoms with Crippen LogP contribution in [0.15, 0.2) is 60.7 Å². The molecule has 0 saturated heterocycles. The van der Waals surface area contributed by atoms with Gasteiger partial charge in [0, 0.05) is 18.5 Å². The second-order valence-corrected chi connectivity index (χ2v) is 8.06. The van der Waals surface area contributed by atoms with Crippen molar-refractivity contribution in [2.75, 3.05) is 25.7 Å². The number of aromatic nitrogens is 3. The Morgan fingerprint density at radius 2 is 1.65 bits per heavy atom. The predicted molar refractivity (Wildman–Crippen MR) is 129 cm³/mol. The Balaban J connectivity index is 1.49. The predicted octanol–water partition coefficient (Wildman–Crippen LogP) is 3.98. The molecule has 3 heterocycles. The number of Topliss-reactive ketones (excluding diaryl/α,β-unsaturated/α-hetero) is 1. The Morgan fingerprint density at radius 1 is 0.853 bits per heavy atom. The lowest BCUT2D eigenvalue weighted by molar-refractivity contribution is -0.114. The number of rotatable bonds is 5. The number of para-hydroxylation sites is 3. The van der Waals surface area contributed by atoms with Crippen LogP contribution in [0.2, 0.25) is 0 Å². The summed E-state index contributed by atoms with van der Waals surface area (Å²) in [5.41, 5.74) is 4.84. The lowest BCUT2D eigenvalue weighted by Crippen LogP contribution is -2.32. The van der Waals surface area contributed by atoms with E-state index in [2.05, 4.69) is 0 Å². The maximum atomic E-state index is 12.8. The zero-order valence-corrected chi connectivity index (χ0v) is 18.6. The van der Waals surface area contributed by atoms with Crippen molar-refractivity contribution in [2.24, 2.45) is 0 Å². The van der Waals surface area contributed by atoms with Crippen LogP contribution >= 0.6 is 0 Å². The summed E-state index contributed by atoms with van der Waals surface area (Å²) in [6, 6.07) is 18.6. The second-order valence-electron chi connectivity index (χ2n) is 8.06. The van der Waals surface area contributed by atoms with Gasteiger partial charge >= 0.3 is 0 Å². The minimum Gasteiger partial charge on any atom is -0.497 e. The van der Waals surface area contributed by atoms with Gasteiger partial charge in [-0.3, -0.25) is 9.59 Å². The summed E-state index contributed by atoms with van der Waals surface area (Å²) in [5.74, 6) is 0.151. The maximum Gasteiger partial charge on any atom is 0.299 e. The summed E-state index contributed by atoms with van der Waals surface area (Å²) < 4.78 is 12.9. The molecule has 0 fully saturated rings. The van der Waals surface area contributed by atoms with Gasteiger partial charge in [0.25, 0.3) is 11.7 Å². The highest BCUT2D eigenvalue weighted by Gasteiger charge is 2.36. The van der Waals surface area contributed by atoms with E-state index in [1.54, 1.807) is 25.3 Å². The SMILES string of the molecule is COc1ccc2c(c1)C(=O)C(=O)N2CCn1c2nc3ccccc3nc2c2cccc(OC)c21. The third kappa shape index (κ3) is 2.85. The minimum atomic E-state index is -0.549. The average molecular weight is 452 g/mol. The lowest BCUT2D eigenvalue weighted by atomic mass is 10.1. The van der Waals surface area contributed by atoms with E-state index in [1.165, 1.54) is 12.0 Å². The maximum absolute atomic E-state index is 12.8. The molecule has 34 heavy (non-hydrogen) atoms. The topological polar surface area (TPSA) is 86.6 Å². The molecule has 0 atom stereocenters. The van der Waals surface area contributed by atoms with Crippen molar-refractivity contribution >= 4 is 50.5 Å². The first kappa shape index (κ1) is 20.2. The molecule has 168 valence electrons. The number of nitrogens with zero attached hydrogens (tertiary/aromatic N) is 4. The van der Waals surface area contributed by atoms with Crippen molar-refractivity contribution in [1.82, 2.24) is 14.5 Å². The number of anilines is 1. The highest BCUT2D eigenvalue weighted by molar-refractivity contribution is 6.52. The number of ketones is 1. The summed E-state index contributed by atoms with van der Waals surface area (Å²) in [5, 5.41) is 0.918. The summed E-state index contributed by atoms with van der Waals surface area (Å²) in [6.45, 7) is 0.688. The van der Waals surface area contributed by atoms with Crippen LogP contribution in [0.3, 0.4) is 0 Å². The van der Waals surface area contributed by atoms with Gasteiger partial charge in [-0.1, -0.05) is 24.3 Å². The molecule has 0 N–H and O–H groups in total. The van der Waals surface area contributed by atoms with Gasteiger partial charge in [0.1, 0.15) is 17.0 Å². The number of benzene rings is 3. The van der Waals surface area contributed by atoms with E-state index in [-0.39, 0.29) is 6.54 Å². The Labute approximate surface area is 194 Å². The van der Waals surface area contributed by atoms with Crippen LogP contribution in [0.4, 0.5) is 5.69 Å². The van der Waals surface area contributed by atoms with Crippen LogP contribution in [-0.2, 0) is 11.3 Å². The summed E-state index contributed by atoms with van der Waals surface area (Å²) in [7, 11) is 3.15. The normalized spacial score (nSPS) is 13.3. The van der Waals surface area contributed by atoms with Gasteiger partial charge in [-0.25, -0.2) is 9.97 Å². The fourth-order valence-corrected chi connectivity index (χ4v) is 4.67. The molecule has 8 heteroatoms. The van der Waals surface area contributed by atoms with Crippen molar-refractivity contribution in [2.45, 2.75) is 6.54 Å². The van der Waals surface area contributed by atoms with Gasteiger partial charge in [-0.15, -0.1) is 0 Å². The highest BCUT2D eigenvalue weighted by atomic mass is 16.5. The zero-order valence-electron chi connectivity index (χ0n) is 18.6. The second kappa shape index (κ2) is 7.55. The number of methoxy groups -OCH3 is 2. The van der Waals surface area contributed by atoms with E-state index in [4.69, 9.17) is 19.4 Å². The lowest BCUT2D eigenvalue weighted by Gasteiger charge is -2.18. The van der Waals surface area contributed by atoms with Crippen LogP contribution in [0.1, 0.15) is 10.4 Å². The van der Waals surface area contributed by atoms with Crippen LogP contribution in [0, 0.1) is 0 Å². The molecule has 3 aromatic carbocycles. The molecule has 5 aromatic rings. The fourth-order valence-electron chi connectivity index (χ4n) is 4.67. The van der Waals surface area contributed by atoms with Crippen molar-refractivity contribution < 1.29 is 19.1 Å². The van der Waals surface area contributed by atoms with Gasteiger partial charge in [0.05, 0.1) is 42.0 Å². The van der Waals surface area contributed by atoms with Crippen LogP contribution in [0.5, 0.6) is 11.5 Å². The quantitative estimate of drug-likeness (QED) is 0.375. The minimum absolute atomic E-state index is 0.287. The van der Waals surface area contributed by atoms with Crippen molar-refractivity contribution in [3.8, 4) is 11.5 Å². The largest absolute Gasteiger partial charge is 0.497 e. The fraction of sp³-hybridized carbons (Fsp3) is 0.154. The van der Waals surface area contributed by atoms with Gasteiger partial charge in [-0.05, 0) is 36.4 Å². The first-order chi connectivity index (χ1) is 16.6. The van der Waals surface area contributed by atoms with Gasteiger partial charge in [-0.2, -0.15) is 0 Å². The molecule has 1 amide bonds. The Hall–Kier alpha value is -4.46. The Bertz CT molecular complexity index is 1640. The molecule has 0 bridgehead atoms. The zero-order chi connectivity index (χ0) is 23.4. The van der Waals surface area contributed by atoms with Gasteiger partial charge in [0.15, 0.2) is 5.65 Å². The Kier molecular flexibility index (Phi) is 4.48. The standard InChI is InChI=1S/C26H20N4O4/c1-33-15-10-11-20-17(14-15)24(31)26(32)29(20)12-13-30-23-16(6-5-9-21(23)34-2)22-25(30)28-19-8-4-3-7-18(19)27-22/h3-11,14H,12-13H2,1-2H3. The van der Waals surface area contributed by atoms with E-state index in [9.17, 15) is 9.59 Å². The number of ether oxygens (including phenoxy) is 2. The number of fused-ring (bicyclic) bond motifs is 5. The summed E-state index contributed by atoms with van der Waals surface area (Å²) in [6.07, 6.45) is 0. The van der Waals surface area contributed by atoms with E-state index in [0.29, 0.717) is 34.9 Å². The summed E-state index contributed by atoms with van der Waals surface area (Å²) >= 11 is 0. The molecule has 6 rings (SSSR count).